The molecule has 2 heterocycles. The first-order chi connectivity index (χ1) is 10.6. The summed E-state index contributed by atoms with van der Waals surface area (Å²) in [4.78, 5) is 29.7. The molecule has 1 saturated heterocycles. The number of hydrogen-bond acceptors (Lipinski definition) is 4. The summed E-state index contributed by atoms with van der Waals surface area (Å²) in [6.07, 6.45) is 3.13. The summed E-state index contributed by atoms with van der Waals surface area (Å²) >= 11 is 6.50. The Morgan fingerprint density at radius 3 is 2.73 bits per heavy atom. The van der Waals surface area contributed by atoms with E-state index >= 15 is 0 Å². The standard InChI is InChI=1S/C15H8ClFN2O2S/c16-11-8-10(4-5-12(11)17)19-14(20)13(22-15(19)21)7-9-3-1-2-6-18-9/h1-8H/b13-7-. The Bertz CT molecular complexity index is 795. The lowest BCUT2D eigenvalue weighted by Crippen LogP contribution is -2.27. The fraction of sp³-hybridized carbons (Fsp3) is 0. The Balaban J connectivity index is 1.95. The maximum Gasteiger partial charge on any atom is 0.298 e. The van der Waals surface area contributed by atoms with Gasteiger partial charge in [0.25, 0.3) is 11.1 Å². The molecular weight excluding hydrogens is 327 g/mol. The molecule has 0 N–H and O–H groups in total. The Kier molecular flexibility index (Phi) is 3.96. The van der Waals surface area contributed by atoms with Crippen LogP contribution in [0.3, 0.4) is 0 Å². The number of nitrogens with zero attached hydrogens (tertiary/aromatic N) is 2. The molecule has 0 radical (unpaired) electrons. The number of aromatic nitrogens is 1. The largest absolute Gasteiger partial charge is 0.298 e. The van der Waals surface area contributed by atoms with Gasteiger partial charge in [0.05, 0.1) is 21.3 Å². The van der Waals surface area contributed by atoms with Crippen molar-refractivity contribution in [2.24, 2.45) is 0 Å². The third-order valence-electron chi connectivity index (χ3n) is 2.92. The molecule has 0 spiro atoms. The topological polar surface area (TPSA) is 50.3 Å². The minimum atomic E-state index is -0.610. The van der Waals surface area contributed by atoms with Crippen LogP contribution in [0.1, 0.15) is 5.69 Å². The average Bonchev–Trinajstić information content (AvgIpc) is 2.78. The number of halogens is 2. The summed E-state index contributed by atoms with van der Waals surface area (Å²) < 4.78 is 13.2. The minimum absolute atomic E-state index is 0.148. The Morgan fingerprint density at radius 2 is 2.05 bits per heavy atom. The highest BCUT2D eigenvalue weighted by molar-refractivity contribution is 8.19. The predicted molar refractivity (Wildman–Crippen MR) is 84.1 cm³/mol. The molecule has 7 heteroatoms. The first-order valence-electron chi connectivity index (χ1n) is 6.20. The van der Waals surface area contributed by atoms with Crippen molar-refractivity contribution >= 4 is 46.3 Å². The van der Waals surface area contributed by atoms with E-state index in [1.807, 2.05) is 0 Å². The molecule has 0 saturated carbocycles. The minimum Gasteiger partial charge on any atom is -0.268 e. The van der Waals surface area contributed by atoms with Crippen molar-refractivity contribution in [1.82, 2.24) is 4.98 Å². The predicted octanol–water partition coefficient (Wildman–Crippen LogP) is 4.12. The summed E-state index contributed by atoms with van der Waals surface area (Å²) in [5.74, 6) is -1.09. The van der Waals surface area contributed by atoms with Crippen LogP contribution in [0.15, 0.2) is 47.5 Å². The van der Waals surface area contributed by atoms with E-state index in [-0.39, 0.29) is 15.6 Å². The lowest BCUT2D eigenvalue weighted by Gasteiger charge is -2.12. The molecule has 3 rings (SSSR count). The normalized spacial score (nSPS) is 16.6. The van der Waals surface area contributed by atoms with Gasteiger partial charge in [-0.15, -0.1) is 0 Å². The SMILES string of the molecule is O=C1S/C(=C\c2ccccn2)C(=O)N1c1ccc(F)c(Cl)c1. The van der Waals surface area contributed by atoms with Gasteiger partial charge in [0.15, 0.2) is 0 Å². The molecule has 1 aliphatic rings. The third-order valence-corrected chi connectivity index (χ3v) is 4.08. The van der Waals surface area contributed by atoms with E-state index in [0.29, 0.717) is 5.69 Å². The molecule has 1 aromatic carbocycles. The molecule has 0 unspecified atom stereocenters. The number of hydrogen-bond donors (Lipinski definition) is 0. The molecule has 1 fully saturated rings. The van der Waals surface area contributed by atoms with Gasteiger partial charge in [-0.1, -0.05) is 17.7 Å². The van der Waals surface area contributed by atoms with E-state index in [2.05, 4.69) is 4.98 Å². The Morgan fingerprint density at radius 1 is 1.23 bits per heavy atom. The van der Waals surface area contributed by atoms with Gasteiger partial charge in [-0.05, 0) is 48.2 Å². The number of carbonyl (C=O) groups excluding carboxylic acids is 2. The number of amides is 2. The summed E-state index contributed by atoms with van der Waals surface area (Å²) in [7, 11) is 0. The summed E-state index contributed by atoms with van der Waals surface area (Å²) in [6, 6.07) is 8.96. The van der Waals surface area contributed by atoms with Gasteiger partial charge in [0, 0.05) is 6.20 Å². The van der Waals surface area contributed by atoms with Crippen molar-refractivity contribution in [3.8, 4) is 0 Å². The van der Waals surface area contributed by atoms with Crippen LogP contribution in [-0.2, 0) is 4.79 Å². The van der Waals surface area contributed by atoms with Gasteiger partial charge in [0.2, 0.25) is 0 Å². The number of pyridine rings is 1. The molecular formula is C15H8ClFN2O2S. The summed E-state index contributed by atoms with van der Waals surface area (Å²) in [5, 5.41) is -0.611. The van der Waals surface area contributed by atoms with Crippen LogP contribution in [-0.4, -0.2) is 16.1 Å². The van der Waals surface area contributed by atoms with Crippen LogP contribution in [0.2, 0.25) is 5.02 Å². The highest BCUT2D eigenvalue weighted by Crippen LogP contribution is 2.36. The van der Waals surface area contributed by atoms with Crippen LogP contribution in [0.5, 0.6) is 0 Å². The second-order valence-electron chi connectivity index (χ2n) is 4.37. The number of benzene rings is 1. The molecule has 1 aromatic heterocycles. The van der Waals surface area contributed by atoms with E-state index < -0.39 is 17.0 Å². The van der Waals surface area contributed by atoms with E-state index in [4.69, 9.17) is 11.6 Å². The summed E-state index contributed by atoms with van der Waals surface area (Å²) in [5.41, 5.74) is 0.809. The maximum absolute atomic E-state index is 13.2. The van der Waals surface area contributed by atoms with Crippen LogP contribution < -0.4 is 4.90 Å². The van der Waals surface area contributed by atoms with Gasteiger partial charge >= 0.3 is 0 Å². The lowest BCUT2D eigenvalue weighted by molar-refractivity contribution is -0.113. The molecule has 0 atom stereocenters. The van der Waals surface area contributed by atoms with E-state index in [1.54, 1.807) is 24.4 Å². The molecule has 2 amide bonds. The zero-order chi connectivity index (χ0) is 15.7. The molecule has 0 bridgehead atoms. The fourth-order valence-corrected chi connectivity index (χ4v) is 2.91. The van der Waals surface area contributed by atoms with Gasteiger partial charge < -0.3 is 0 Å². The Hall–Kier alpha value is -2.18. The monoisotopic (exact) mass is 334 g/mol. The van der Waals surface area contributed by atoms with Crippen LogP contribution >= 0.6 is 23.4 Å². The first-order valence-corrected chi connectivity index (χ1v) is 7.40. The molecule has 1 aliphatic heterocycles. The van der Waals surface area contributed by atoms with E-state index in [0.717, 1.165) is 22.7 Å². The van der Waals surface area contributed by atoms with E-state index in [1.165, 1.54) is 18.2 Å². The average molecular weight is 335 g/mol. The Labute approximate surface area is 134 Å². The smallest absolute Gasteiger partial charge is 0.268 e. The van der Waals surface area contributed by atoms with Crippen LogP contribution in [0, 0.1) is 5.82 Å². The van der Waals surface area contributed by atoms with Gasteiger partial charge in [-0.3, -0.25) is 14.6 Å². The number of thioether (sulfide) groups is 1. The van der Waals surface area contributed by atoms with Crippen molar-refractivity contribution in [2.75, 3.05) is 4.90 Å². The van der Waals surface area contributed by atoms with Crippen molar-refractivity contribution < 1.29 is 14.0 Å². The summed E-state index contributed by atoms with van der Waals surface area (Å²) in [6.45, 7) is 0. The van der Waals surface area contributed by atoms with Gasteiger partial charge in [-0.2, -0.15) is 0 Å². The molecule has 2 aromatic rings. The van der Waals surface area contributed by atoms with E-state index in [9.17, 15) is 14.0 Å². The maximum atomic E-state index is 13.2. The molecule has 22 heavy (non-hydrogen) atoms. The second-order valence-corrected chi connectivity index (χ2v) is 5.77. The van der Waals surface area contributed by atoms with Crippen molar-refractivity contribution in [2.45, 2.75) is 0 Å². The molecule has 110 valence electrons. The van der Waals surface area contributed by atoms with Gasteiger partial charge in [-0.25, -0.2) is 9.29 Å². The first kappa shape index (κ1) is 14.7. The van der Waals surface area contributed by atoms with Gasteiger partial charge in [0.1, 0.15) is 5.82 Å². The van der Waals surface area contributed by atoms with Crippen molar-refractivity contribution in [3.05, 3.63) is 64.0 Å². The molecule has 4 nitrogen and oxygen atoms in total. The quantitative estimate of drug-likeness (QED) is 0.775. The lowest BCUT2D eigenvalue weighted by atomic mass is 10.2. The van der Waals surface area contributed by atoms with Crippen LogP contribution in [0.25, 0.3) is 6.08 Å². The zero-order valence-corrected chi connectivity index (χ0v) is 12.6. The highest BCUT2D eigenvalue weighted by atomic mass is 35.5. The zero-order valence-electron chi connectivity index (χ0n) is 11.0. The number of rotatable bonds is 2. The fourth-order valence-electron chi connectivity index (χ4n) is 1.91. The number of anilines is 1. The van der Waals surface area contributed by atoms with Crippen LogP contribution in [0.4, 0.5) is 14.9 Å². The van der Waals surface area contributed by atoms with Crippen molar-refractivity contribution in [3.63, 3.8) is 0 Å². The number of carbonyl (C=O) groups is 2. The third kappa shape index (κ3) is 2.75. The highest BCUT2D eigenvalue weighted by Gasteiger charge is 2.36. The second kappa shape index (κ2) is 5.90. The molecule has 0 aliphatic carbocycles. The van der Waals surface area contributed by atoms with Crippen molar-refractivity contribution in [1.29, 1.82) is 0 Å². The number of imide groups is 1.